The molecule has 2 heteroatoms. The number of nitrogens with one attached hydrogen (secondary N) is 1. The van der Waals surface area contributed by atoms with Gasteiger partial charge in [0.2, 0.25) is 0 Å². The largest absolute Gasteiger partial charge is 0.395 e. The Kier molecular flexibility index (Phi) is 5.55. The van der Waals surface area contributed by atoms with Crippen LogP contribution >= 0.6 is 0 Å². The topological polar surface area (TPSA) is 32.3 Å². The van der Waals surface area contributed by atoms with Crippen LogP contribution in [0.15, 0.2) is 72.8 Å². The molecule has 0 aliphatic carbocycles. The zero-order valence-electron chi connectivity index (χ0n) is 15.8. The first-order valence-corrected chi connectivity index (χ1v) is 9.15. The summed E-state index contributed by atoms with van der Waals surface area (Å²) in [6.07, 6.45) is 0. The van der Waals surface area contributed by atoms with Crippen LogP contribution in [0.5, 0.6) is 0 Å². The molecule has 2 nitrogen and oxygen atoms in total. The predicted molar refractivity (Wildman–Crippen MR) is 109 cm³/mol. The number of aliphatic hydroxyl groups excluding tert-OH is 1. The minimum atomic E-state index is -0.509. The Labute approximate surface area is 156 Å². The van der Waals surface area contributed by atoms with Crippen LogP contribution in [0.4, 0.5) is 0 Å². The molecule has 0 heterocycles. The lowest BCUT2D eigenvalue weighted by molar-refractivity contribution is 0.277. The van der Waals surface area contributed by atoms with Crippen molar-refractivity contribution in [1.82, 2.24) is 5.32 Å². The molecule has 2 N–H and O–H groups in total. The van der Waals surface area contributed by atoms with Crippen molar-refractivity contribution in [3.63, 3.8) is 0 Å². The minimum absolute atomic E-state index is 0.0887. The van der Waals surface area contributed by atoms with Crippen LogP contribution in [0.1, 0.15) is 33.4 Å². The fourth-order valence-electron chi connectivity index (χ4n) is 3.95. The average Bonchev–Trinajstić information content (AvgIpc) is 2.65. The lowest BCUT2D eigenvalue weighted by Gasteiger charge is -2.40. The molecule has 0 saturated heterocycles. The quantitative estimate of drug-likeness (QED) is 0.645. The van der Waals surface area contributed by atoms with E-state index in [0.29, 0.717) is 6.54 Å². The van der Waals surface area contributed by atoms with Crippen molar-refractivity contribution in [3.05, 3.63) is 106 Å². The first kappa shape index (κ1) is 18.4. The van der Waals surface area contributed by atoms with Gasteiger partial charge in [0.1, 0.15) is 0 Å². The highest BCUT2D eigenvalue weighted by molar-refractivity contribution is 5.56. The summed E-state index contributed by atoms with van der Waals surface area (Å²) < 4.78 is 0. The molecule has 0 fully saturated rings. The van der Waals surface area contributed by atoms with Crippen LogP contribution in [-0.4, -0.2) is 18.3 Å². The second kappa shape index (κ2) is 7.86. The van der Waals surface area contributed by atoms with Gasteiger partial charge >= 0.3 is 0 Å². The van der Waals surface area contributed by atoms with Gasteiger partial charge in [-0.25, -0.2) is 0 Å². The second-order valence-electron chi connectivity index (χ2n) is 6.85. The number of benzene rings is 3. The molecule has 3 aromatic carbocycles. The highest BCUT2D eigenvalue weighted by atomic mass is 16.3. The molecule has 0 aromatic heterocycles. The van der Waals surface area contributed by atoms with Crippen molar-refractivity contribution in [2.24, 2.45) is 0 Å². The van der Waals surface area contributed by atoms with E-state index in [9.17, 15) is 5.11 Å². The molecular weight excluding hydrogens is 318 g/mol. The first-order chi connectivity index (χ1) is 12.6. The van der Waals surface area contributed by atoms with Crippen LogP contribution in [0.3, 0.4) is 0 Å². The van der Waals surface area contributed by atoms with Gasteiger partial charge in [0.15, 0.2) is 0 Å². The van der Waals surface area contributed by atoms with Crippen LogP contribution in [-0.2, 0) is 5.54 Å². The third-order valence-electron chi connectivity index (χ3n) is 5.15. The van der Waals surface area contributed by atoms with E-state index in [1.54, 1.807) is 0 Å². The van der Waals surface area contributed by atoms with Gasteiger partial charge in [0.05, 0.1) is 12.1 Å². The van der Waals surface area contributed by atoms with Crippen LogP contribution in [0.2, 0.25) is 0 Å². The molecule has 0 atom stereocenters. The Morgan fingerprint density at radius 2 is 1.00 bits per heavy atom. The standard InChI is InChI=1S/C24H27NO/c1-18-10-4-7-13-21(18)24(25-16-17-26,22-14-8-5-11-19(22)2)23-15-9-6-12-20(23)3/h4-15,25-26H,16-17H2,1-3H3. The van der Waals surface area contributed by atoms with Gasteiger partial charge in [0, 0.05) is 6.54 Å². The summed E-state index contributed by atoms with van der Waals surface area (Å²) in [5, 5.41) is 13.3. The molecule has 0 spiro atoms. The molecule has 0 aliphatic rings. The van der Waals surface area contributed by atoms with E-state index in [1.807, 2.05) is 0 Å². The third-order valence-corrected chi connectivity index (χ3v) is 5.15. The lowest BCUT2D eigenvalue weighted by Crippen LogP contribution is -2.47. The average molecular weight is 345 g/mol. The molecule has 26 heavy (non-hydrogen) atoms. The number of aliphatic hydroxyl groups is 1. The Balaban J connectivity index is 2.41. The van der Waals surface area contributed by atoms with Crippen molar-refractivity contribution >= 4 is 0 Å². The summed E-state index contributed by atoms with van der Waals surface area (Å²) in [6, 6.07) is 25.5. The number of rotatable bonds is 6. The summed E-state index contributed by atoms with van der Waals surface area (Å²) >= 11 is 0. The summed E-state index contributed by atoms with van der Waals surface area (Å²) in [6.45, 7) is 7.06. The van der Waals surface area contributed by atoms with Gasteiger partial charge in [-0.1, -0.05) is 72.8 Å². The van der Waals surface area contributed by atoms with Gasteiger partial charge in [-0.3, -0.25) is 5.32 Å². The van der Waals surface area contributed by atoms with Gasteiger partial charge in [-0.05, 0) is 54.2 Å². The van der Waals surface area contributed by atoms with E-state index < -0.39 is 5.54 Å². The molecule has 3 aromatic rings. The van der Waals surface area contributed by atoms with Crippen molar-refractivity contribution in [2.45, 2.75) is 26.3 Å². The van der Waals surface area contributed by atoms with Crippen molar-refractivity contribution in [3.8, 4) is 0 Å². The highest BCUT2D eigenvalue weighted by Crippen LogP contribution is 2.41. The van der Waals surface area contributed by atoms with E-state index in [1.165, 1.54) is 33.4 Å². The summed E-state index contributed by atoms with van der Waals surface area (Å²) in [4.78, 5) is 0. The summed E-state index contributed by atoms with van der Waals surface area (Å²) in [5.74, 6) is 0. The zero-order chi connectivity index (χ0) is 18.6. The van der Waals surface area contributed by atoms with Crippen LogP contribution in [0, 0.1) is 20.8 Å². The Hall–Kier alpha value is -2.42. The van der Waals surface area contributed by atoms with Crippen molar-refractivity contribution in [2.75, 3.05) is 13.2 Å². The SMILES string of the molecule is Cc1ccccc1C(NCCO)(c1ccccc1C)c1ccccc1C. The molecule has 134 valence electrons. The molecule has 0 bridgehead atoms. The van der Waals surface area contributed by atoms with Gasteiger partial charge in [-0.2, -0.15) is 0 Å². The highest BCUT2D eigenvalue weighted by Gasteiger charge is 2.38. The van der Waals surface area contributed by atoms with E-state index in [2.05, 4.69) is 98.9 Å². The van der Waals surface area contributed by atoms with E-state index >= 15 is 0 Å². The monoisotopic (exact) mass is 345 g/mol. The maximum Gasteiger partial charge on any atom is 0.0956 e. The number of aryl methyl sites for hydroxylation is 3. The molecule has 0 radical (unpaired) electrons. The maximum atomic E-state index is 9.62. The van der Waals surface area contributed by atoms with Gasteiger partial charge in [0.25, 0.3) is 0 Å². The second-order valence-corrected chi connectivity index (χ2v) is 6.85. The van der Waals surface area contributed by atoms with E-state index in [4.69, 9.17) is 0 Å². The fourth-order valence-corrected chi connectivity index (χ4v) is 3.95. The summed E-state index contributed by atoms with van der Waals surface area (Å²) in [7, 11) is 0. The lowest BCUT2D eigenvalue weighted by atomic mass is 9.72. The normalized spacial score (nSPS) is 11.5. The van der Waals surface area contributed by atoms with Crippen LogP contribution in [0.25, 0.3) is 0 Å². The molecule has 3 rings (SSSR count). The zero-order valence-corrected chi connectivity index (χ0v) is 15.8. The number of hydrogen-bond donors (Lipinski definition) is 2. The van der Waals surface area contributed by atoms with E-state index in [-0.39, 0.29) is 6.61 Å². The van der Waals surface area contributed by atoms with Gasteiger partial charge < -0.3 is 5.11 Å². The van der Waals surface area contributed by atoms with Crippen LogP contribution < -0.4 is 5.32 Å². The van der Waals surface area contributed by atoms with Crippen molar-refractivity contribution < 1.29 is 5.11 Å². The fraction of sp³-hybridized carbons (Fsp3) is 0.250. The summed E-state index contributed by atoms with van der Waals surface area (Å²) in [5.41, 5.74) is 6.83. The van der Waals surface area contributed by atoms with Crippen molar-refractivity contribution in [1.29, 1.82) is 0 Å². The molecular formula is C24H27NO. The number of hydrogen-bond acceptors (Lipinski definition) is 2. The molecule has 0 amide bonds. The predicted octanol–water partition coefficient (Wildman–Crippen LogP) is 4.49. The Morgan fingerprint density at radius 3 is 1.31 bits per heavy atom. The Bertz CT molecular complexity index is 774. The smallest absolute Gasteiger partial charge is 0.0956 e. The van der Waals surface area contributed by atoms with Gasteiger partial charge in [-0.15, -0.1) is 0 Å². The minimum Gasteiger partial charge on any atom is -0.395 e. The molecule has 0 aliphatic heterocycles. The molecule has 0 unspecified atom stereocenters. The first-order valence-electron chi connectivity index (χ1n) is 9.15. The Morgan fingerprint density at radius 1 is 0.654 bits per heavy atom. The maximum absolute atomic E-state index is 9.62. The van der Waals surface area contributed by atoms with E-state index in [0.717, 1.165) is 0 Å². The molecule has 0 saturated carbocycles. The third kappa shape index (κ3) is 3.18.